The Morgan fingerprint density at radius 1 is 1.04 bits per heavy atom. The van der Waals surface area contributed by atoms with Crippen LogP contribution < -0.4 is 5.32 Å². The topological polar surface area (TPSA) is 41.6 Å². The maximum atomic E-state index is 12.4. The van der Waals surface area contributed by atoms with Crippen LogP contribution in [-0.2, 0) is 11.3 Å². The van der Waals surface area contributed by atoms with E-state index >= 15 is 0 Å². The van der Waals surface area contributed by atoms with E-state index < -0.39 is 0 Å². The van der Waals surface area contributed by atoms with Gasteiger partial charge in [-0.05, 0) is 61.8 Å². The van der Waals surface area contributed by atoms with Crippen molar-refractivity contribution < 1.29 is 9.53 Å². The number of carbonyl (C=O) groups excluding carboxylic acids is 1. The average molecular weight is 356 g/mol. The predicted octanol–water partition coefficient (Wildman–Crippen LogP) is 4.23. The molecule has 2 rings (SSSR count). The van der Waals surface area contributed by atoms with Gasteiger partial charge in [0.15, 0.2) is 5.11 Å². The van der Waals surface area contributed by atoms with Crippen LogP contribution in [0.5, 0.6) is 0 Å². The largest absolute Gasteiger partial charge is 0.457 e. The van der Waals surface area contributed by atoms with Crippen LogP contribution in [0.25, 0.3) is 0 Å². The molecule has 25 heavy (non-hydrogen) atoms. The highest BCUT2D eigenvalue weighted by atomic mass is 32.1. The fourth-order valence-electron chi connectivity index (χ4n) is 2.32. The summed E-state index contributed by atoms with van der Waals surface area (Å²) in [6.45, 7) is 6.18. The van der Waals surface area contributed by atoms with Gasteiger partial charge in [0.2, 0.25) is 0 Å². The molecule has 132 valence electrons. The third kappa shape index (κ3) is 4.79. The maximum Gasteiger partial charge on any atom is 0.338 e. The Kier molecular flexibility index (Phi) is 6.15. The summed E-state index contributed by atoms with van der Waals surface area (Å²) in [7, 11) is 3.77. The van der Waals surface area contributed by atoms with E-state index in [1.54, 1.807) is 6.07 Å². The van der Waals surface area contributed by atoms with Crippen molar-refractivity contribution in [3.05, 3.63) is 64.2 Å². The zero-order chi connectivity index (χ0) is 18.6. The number of carbonyl (C=O) groups is 1. The fraction of sp³-hybridized carbons (Fsp3) is 0.300. The summed E-state index contributed by atoms with van der Waals surface area (Å²) in [5, 5.41) is 3.81. The molecule has 4 nitrogen and oxygen atoms in total. The zero-order valence-electron chi connectivity index (χ0n) is 15.3. The number of ether oxygens (including phenoxy) is 1. The average Bonchev–Trinajstić information content (AvgIpc) is 2.58. The van der Waals surface area contributed by atoms with Crippen LogP contribution in [0.4, 0.5) is 5.69 Å². The van der Waals surface area contributed by atoms with Gasteiger partial charge in [-0.15, -0.1) is 0 Å². The minimum absolute atomic E-state index is 0.266. The van der Waals surface area contributed by atoms with Crippen LogP contribution in [0.2, 0.25) is 0 Å². The molecule has 0 aliphatic carbocycles. The van der Waals surface area contributed by atoms with E-state index in [2.05, 4.69) is 5.32 Å². The van der Waals surface area contributed by atoms with Crippen LogP contribution in [0.15, 0.2) is 36.4 Å². The Bertz CT molecular complexity index is 783. The summed E-state index contributed by atoms with van der Waals surface area (Å²) in [6.07, 6.45) is 0. The molecule has 0 spiro atoms. The van der Waals surface area contributed by atoms with E-state index in [1.807, 2.05) is 70.1 Å². The highest BCUT2D eigenvalue weighted by molar-refractivity contribution is 7.80. The number of hydrogen-bond acceptors (Lipinski definition) is 3. The standard InChI is InChI=1S/C20H24N2O2S/c1-13-6-8-16(9-7-13)12-24-19(23)17-10-11-18(15(3)14(17)2)21-20(25)22(4)5/h6-11H,12H2,1-5H3,(H,21,25). The lowest BCUT2D eigenvalue weighted by Gasteiger charge is -2.19. The van der Waals surface area contributed by atoms with Gasteiger partial charge in [0, 0.05) is 19.8 Å². The number of hydrogen-bond donors (Lipinski definition) is 1. The van der Waals surface area contributed by atoms with E-state index in [1.165, 1.54) is 5.56 Å². The number of anilines is 1. The van der Waals surface area contributed by atoms with Crippen molar-refractivity contribution in [2.45, 2.75) is 27.4 Å². The molecule has 0 unspecified atom stereocenters. The first-order valence-corrected chi connectivity index (χ1v) is 8.51. The Morgan fingerprint density at radius 2 is 1.68 bits per heavy atom. The number of nitrogens with one attached hydrogen (secondary N) is 1. The molecule has 0 atom stereocenters. The lowest BCUT2D eigenvalue weighted by atomic mass is 10.0. The fourth-order valence-corrected chi connectivity index (χ4v) is 2.43. The van der Waals surface area contributed by atoms with Crippen molar-refractivity contribution in [1.82, 2.24) is 4.90 Å². The Hall–Kier alpha value is -2.40. The van der Waals surface area contributed by atoms with E-state index in [0.717, 1.165) is 22.4 Å². The molecule has 2 aromatic carbocycles. The van der Waals surface area contributed by atoms with Gasteiger partial charge in [-0.2, -0.15) is 0 Å². The van der Waals surface area contributed by atoms with E-state index in [0.29, 0.717) is 10.7 Å². The lowest BCUT2D eigenvalue weighted by molar-refractivity contribution is 0.0472. The Balaban J connectivity index is 2.10. The summed E-state index contributed by atoms with van der Waals surface area (Å²) < 4.78 is 5.46. The molecular formula is C20H24N2O2S. The van der Waals surface area contributed by atoms with Gasteiger partial charge < -0.3 is 15.0 Å². The van der Waals surface area contributed by atoms with Gasteiger partial charge in [-0.3, -0.25) is 0 Å². The molecule has 0 fully saturated rings. The smallest absolute Gasteiger partial charge is 0.338 e. The molecule has 0 bridgehead atoms. The second kappa shape index (κ2) is 8.12. The first-order valence-electron chi connectivity index (χ1n) is 8.10. The molecule has 1 N–H and O–H groups in total. The molecule has 5 heteroatoms. The third-order valence-electron chi connectivity index (χ3n) is 4.15. The minimum Gasteiger partial charge on any atom is -0.457 e. The van der Waals surface area contributed by atoms with Crippen molar-refractivity contribution >= 4 is 29.0 Å². The third-order valence-corrected chi connectivity index (χ3v) is 4.61. The molecule has 0 aromatic heterocycles. The highest BCUT2D eigenvalue weighted by Crippen LogP contribution is 2.23. The van der Waals surface area contributed by atoms with Crippen LogP contribution >= 0.6 is 12.2 Å². The Morgan fingerprint density at radius 3 is 2.28 bits per heavy atom. The van der Waals surface area contributed by atoms with Gasteiger partial charge in [-0.25, -0.2) is 4.79 Å². The van der Waals surface area contributed by atoms with E-state index in [-0.39, 0.29) is 12.6 Å². The van der Waals surface area contributed by atoms with Crippen molar-refractivity contribution in [2.24, 2.45) is 0 Å². The van der Waals surface area contributed by atoms with Crippen LogP contribution in [-0.4, -0.2) is 30.1 Å². The second-order valence-electron chi connectivity index (χ2n) is 6.30. The SMILES string of the molecule is Cc1ccc(COC(=O)c2ccc(NC(=S)N(C)C)c(C)c2C)cc1. The zero-order valence-corrected chi connectivity index (χ0v) is 16.2. The predicted molar refractivity (Wildman–Crippen MR) is 106 cm³/mol. The first kappa shape index (κ1) is 18.9. The summed E-state index contributed by atoms with van der Waals surface area (Å²) in [4.78, 5) is 14.3. The van der Waals surface area contributed by atoms with Crippen molar-refractivity contribution in [2.75, 3.05) is 19.4 Å². The summed E-state index contributed by atoms with van der Waals surface area (Å²) in [5.74, 6) is -0.317. The molecule has 0 saturated heterocycles. The maximum absolute atomic E-state index is 12.4. The van der Waals surface area contributed by atoms with Gasteiger partial charge >= 0.3 is 5.97 Å². The van der Waals surface area contributed by atoms with Crippen molar-refractivity contribution in [1.29, 1.82) is 0 Å². The van der Waals surface area contributed by atoms with E-state index in [4.69, 9.17) is 17.0 Å². The van der Waals surface area contributed by atoms with Gasteiger partial charge in [0.05, 0.1) is 5.56 Å². The molecule has 0 aliphatic heterocycles. The number of nitrogens with zero attached hydrogens (tertiary/aromatic N) is 1. The van der Waals surface area contributed by atoms with Crippen molar-refractivity contribution in [3.63, 3.8) is 0 Å². The molecule has 0 amide bonds. The second-order valence-corrected chi connectivity index (χ2v) is 6.68. The Labute approximate surface area is 154 Å². The van der Waals surface area contributed by atoms with Crippen LogP contribution in [0, 0.1) is 20.8 Å². The van der Waals surface area contributed by atoms with Crippen LogP contribution in [0.1, 0.15) is 32.6 Å². The molecule has 0 radical (unpaired) electrons. The molecule has 0 heterocycles. The monoisotopic (exact) mass is 356 g/mol. The molecule has 0 aliphatic rings. The normalized spacial score (nSPS) is 10.3. The lowest BCUT2D eigenvalue weighted by Crippen LogP contribution is -2.27. The summed E-state index contributed by atoms with van der Waals surface area (Å²) in [6, 6.07) is 11.6. The van der Waals surface area contributed by atoms with E-state index in [9.17, 15) is 4.79 Å². The molecule has 2 aromatic rings. The number of rotatable bonds is 4. The van der Waals surface area contributed by atoms with Gasteiger partial charge in [0.25, 0.3) is 0 Å². The highest BCUT2D eigenvalue weighted by Gasteiger charge is 2.15. The first-order chi connectivity index (χ1) is 11.8. The summed E-state index contributed by atoms with van der Waals surface area (Å²) >= 11 is 5.28. The minimum atomic E-state index is -0.317. The van der Waals surface area contributed by atoms with Crippen molar-refractivity contribution in [3.8, 4) is 0 Å². The number of esters is 1. The number of thiocarbonyl (C=S) groups is 1. The molecule has 0 saturated carbocycles. The van der Waals surface area contributed by atoms with Gasteiger partial charge in [0.1, 0.15) is 6.61 Å². The quantitative estimate of drug-likeness (QED) is 0.656. The molecular weight excluding hydrogens is 332 g/mol. The number of benzene rings is 2. The van der Waals surface area contributed by atoms with Gasteiger partial charge in [-0.1, -0.05) is 29.8 Å². The summed E-state index contributed by atoms with van der Waals surface area (Å²) in [5.41, 5.74) is 5.50. The van der Waals surface area contributed by atoms with Crippen LogP contribution in [0.3, 0.4) is 0 Å². The number of aryl methyl sites for hydroxylation is 1.